The van der Waals surface area contributed by atoms with E-state index >= 15 is 0 Å². The van der Waals surface area contributed by atoms with Crippen molar-refractivity contribution in [3.8, 4) is 0 Å². The first kappa shape index (κ1) is 21.6. The number of rotatable bonds is 3. The second-order valence-electron chi connectivity index (χ2n) is 5.19. The molecule has 0 heterocycles. The topological polar surface area (TPSA) is 195 Å². The van der Waals surface area contributed by atoms with Crippen LogP contribution in [0.3, 0.4) is 0 Å². The number of nitro benzene ring substituents is 1. The number of hydrogen-bond donors (Lipinski definition) is 0. The Morgan fingerprint density at radius 2 is 1.39 bits per heavy atom. The summed E-state index contributed by atoms with van der Waals surface area (Å²) in [6.07, 6.45) is 1.98. The van der Waals surface area contributed by atoms with Gasteiger partial charge in [-0.25, -0.2) is 0 Å². The molecule has 0 amide bonds. The first-order chi connectivity index (χ1) is 13.4. The molecule has 0 unspecified atom stereocenters. The molecule has 0 aromatic heterocycles. The fourth-order valence-corrected chi connectivity index (χ4v) is 2.44. The van der Waals surface area contributed by atoms with Crippen LogP contribution in [-0.4, -0.2) is 16.5 Å². The maximum Gasteiger partial charge on any atom is 0.269 e. The highest BCUT2D eigenvalue weighted by Crippen LogP contribution is 2.24. The smallest absolute Gasteiger partial charge is 0.269 e. The Bertz CT molecular complexity index is 988. The molecule has 0 radical (unpaired) electrons. The Kier molecular flexibility index (Phi) is 8.10. The molecule has 2 aromatic rings. The van der Waals surface area contributed by atoms with Crippen molar-refractivity contribution in [3.63, 3.8) is 0 Å². The average Bonchev–Trinajstić information content (AvgIpc) is 2.68. The van der Waals surface area contributed by atoms with Crippen LogP contribution in [0.4, 0.5) is 5.69 Å². The van der Waals surface area contributed by atoms with Crippen molar-refractivity contribution in [1.82, 2.24) is 0 Å². The van der Waals surface area contributed by atoms with Gasteiger partial charge in [0.05, 0.1) is 4.92 Å². The third-order valence-electron chi connectivity index (χ3n) is 3.57. The number of benzene rings is 2. The van der Waals surface area contributed by atoms with Gasteiger partial charge >= 0.3 is 0 Å². The minimum Gasteiger partial charge on any atom is -0.373 e. The lowest BCUT2D eigenvalue weighted by molar-refractivity contribution is -0.384. The van der Waals surface area contributed by atoms with Crippen LogP contribution in [0.2, 0.25) is 0 Å². The molecule has 1 aliphatic rings. The van der Waals surface area contributed by atoms with E-state index in [2.05, 4.69) is 0 Å². The fourth-order valence-electron chi connectivity index (χ4n) is 2.44. The molecule has 11 heteroatoms. The molecule has 0 spiro atoms. The third-order valence-corrected chi connectivity index (χ3v) is 3.57. The number of hydrogen-bond acceptors (Lipinski definition) is 4. The molecule has 0 fully saturated rings. The quantitative estimate of drug-likeness (QED) is 0.186. The van der Waals surface area contributed by atoms with Crippen LogP contribution < -0.4 is 0 Å². The minimum absolute atomic E-state index is 0.00544. The Hall–Kier alpha value is -4.46. The lowest BCUT2D eigenvalue weighted by Gasteiger charge is -2.14. The number of non-ortho nitro benzene ring substituents is 1. The predicted molar refractivity (Wildman–Crippen MR) is 101 cm³/mol. The summed E-state index contributed by atoms with van der Waals surface area (Å²) in [5.74, 6) is -1.02. The lowest BCUT2D eigenvalue weighted by Crippen LogP contribution is -2.22. The molecule has 1 aliphatic carbocycles. The molecule has 11 nitrogen and oxygen atoms in total. The van der Waals surface area contributed by atoms with Crippen LogP contribution in [0.1, 0.15) is 21.5 Å². The summed E-state index contributed by atoms with van der Waals surface area (Å²) in [7, 11) is 0. The van der Waals surface area contributed by atoms with Gasteiger partial charge in [-0.05, 0) is 17.2 Å². The zero-order valence-corrected chi connectivity index (χ0v) is 14.2. The monoisotopic (exact) mass is 377 g/mol. The van der Waals surface area contributed by atoms with E-state index in [1.807, 2.05) is 6.07 Å². The number of ketones is 2. The molecular formula is C17H11N7O4-2. The van der Waals surface area contributed by atoms with Gasteiger partial charge in [0.15, 0.2) is 0 Å². The molecular weight excluding hydrogens is 366 g/mol. The number of carbonyl (C=O) groups is 2. The van der Waals surface area contributed by atoms with Crippen molar-refractivity contribution in [2.45, 2.75) is 6.42 Å². The van der Waals surface area contributed by atoms with Crippen LogP contribution in [0.5, 0.6) is 0 Å². The summed E-state index contributed by atoms with van der Waals surface area (Å²) in [4.78, 5) is 37.4. The van der Waals surface area contributed by atoms with Crippen molar-refractivity contribution >= 4 is 23.3 Å². The Morgan fingerprint density at radius 1 is 0.857 bits per heavy atom. The van der Waals surface area contributed by atoms with E-state index in [0.29, 0.717) is 11.1 Å². The minimum atomic E-state index is -0.517. The number of Topliss-reactive ketones (excluding diaryl/α,β-unsaturated/α-hetero) is 2. The van der Waals surface area contributed by atoms with Crippen LogP contribution >= 0.6 is 0 Å². The summed E-state index contributed by atoms with van der Waals surface area (Å²) in [5.41, 5.74) is 29.3. The highest BCUT2D eigenvalue weighted by Gasteiger charge is 2.27. The maximum atomic E-state index is 12.1. The van der Waals surface area contributed by atoms with Gasteiger partial charge in [-0.15, -0.1) is 0 Å². The molecule has 3 rings (SSSR count). The summed E-state index contributed by atoms with van der Waals surface area (Å²) < 4.78 is 0. The van der Waals surface area contributed by atoms with Crippen LogP contribution in [0.25, 0.3) is 38.0 Å². The third kappa shape index (κ3) is 5.53. The van der Waals surface area contributed by atoms with Crippen molar-refractivity contribution < 1.29 is 14.5 Å². The van der Waals surface area contributed by atoms with Crippen molar-refractivity contribution in [1.29, 1.82) is 0 Å². The second-order valence-corrected chi connectivity index (χ2v) is 5.19. The van der Waals surface area contributed by atoms with Gasteiger partial charge in [-0.2, -0.15) is 0 Å². The SMILES string of the molecule is O=C1C(=O)c2ccccc2C=C1Cc1ccc([N+](=O)[O-])cc1.[N-]=[N+]=[N-].[N-]=[N+]=[N-]. The van der Waals surface area contributed by atoms with Gasteiger partial charge in [-0.3, -0.25) is 29.5 Å². The Morgan fingerprint density at radius 3 is 1.93 bits per heavy atom. The first-order valence-electron chi connectivity index (χ1n) is 7.48. The van der Waals surface area contributed by atoms with E-state index in [1.54, 1.807) is 36.4 Å². The summed E-state index contributed by atoms with van der Waals surface area (Å²) >= 11 is 0. The summed E-state index contributed by atoms with van der Waals surface area (Å²) in [6, 6.07) is 12.9. The van der Waals surface area contributed by atoms with Crippen molar-refractivity contribution in [2.24, 2.45) is 0 Å². The fraction of sp³-hybridized carbons (Fsp3) is 0.0588. The highest BCUT2D eigenvalue weighted by atomic mass is 16.6. The molecule has 0 saturated heterocycles. The van der Waals surface area contributed by atoms with Crippen LogP contribution in [-0.2, 0) is 11.2 Å². The van der Waals surface area contributed by atoms with E-state index in [9.17, 15) is 19.7 Å². The highest BCUT2D eigenvalue weighted by molar-refractivity contribution is 6.51. The van der Waals surface area contributed by atoms with Gasteiger partial charge < -0.3 is 22.1 Å². The van der Waals surface area contributed by atoms with E-state index in [4.69, 9.17) is 22.1 Å². The van der Waals surface area contributed by atoms with Crippen LogP contribution in [0.15, 0.2) is 54.1 Å². The first-order valence-corrected chi connectivity index (χ1v) is 7.48. The Balaban J connectivity index is 0.000000582. The standard InChI is InChI=1S/C17H11NO4.2N3/c19-16-13(9-11-5-7-14(8-6-11)18(21)22)10-12-3-1-2-4-15(12)17(16)20;2*1-3-2/h1-8,10H,9H2;;/q;2*-1. The van der Waals surface area contributed by atoms with Crippen molar-refractivity contribution in [3.05, 3.63) is 113 Å². The van der Waals surface area contributed by atoms with Gasteiger partial charge in [0.1, 0.15) is 0 Å². The molecule has 0 saturated carbocycles. The number of nitrogens with zero attached hydrogens (tertiary/aromatic N) is 7. The van der Waals surface area contributed by atoms with Gasteiger partial charge in [0.25, 0.3) is 5.69 Å². The molecule has 0 atom stereocenters. The molecule has 0 N–H and O–H groups in total. The summed E-state index contributed by atoms with van der Waals surface area (Å²) in [6.45, 7) is 0. The molecule has 0 aliphatic heterocycles. The van der Waals surface area contributed by atoms with Gasteiger partial charge in [0.2, 0.25) is 11.6 Å². The molecule has 28 heavy (non-hydrogen) atoms. The zero-order valence-electron chi connectivity index (χ0n) is 14.2. The Labute approximate surface area is 157 Å². The second kappa shape index (κ2) is 10.5. The lowest BCUT2D eigenvalue weighted by atomic mass is 9.87. The number of allylic oxidation sites excluding steroid dienone is 1. The number of carbonyl (C=O) groups excluding carboxylic acids is 2. The van der Waals surface area contributed by atoms with E-state index < -0.39 is 16.5 Å². The number of nitro groups is 1. The van der Waals surface area contributed by atoms with E-state index in [0.717, 1.165) is 11.1 Å². The predicted octanol–water partition coefficient (Wildman–Crippen LogP) is 4.72. The molecule has 140 valence electrons. The van der Waals surface area contributed by atoms with E-state index in [-0.39, 0.29) is 12.1 Å². The van der Waals surface area contributed by atoms with Gasteiger partial charge in [0, 0.05) is 29.7 Å². The summed E-state index contributed by atoms with van der Waals surface area (Å²) in [5, 5.41) is 10.6. The van der Waals surface area contributed by atoms with E-state index in [1.165, 1.54) is 22.0 Å². The van der Waals surface area contributed by atoms with Gasteiger partial charge in [-0.1, -0.05) is 36.4 Å². The van der Waals surface area contributed by atoms with Crippen LogP contribution in [0, 0.1) is 10.1 Å². The normalized spacial score (nSPS) is 11.2. The number of fused-ring (bicyclic) bond motifs is 1. The largest absolute Gasteiger partial charge is 0.373 e. The molecule has 2 aromatic carbocycles. The molecule has 0 bridgehead atoms. The zero-order chi connectivity index (χ0) is 21.1. The average molecular weight is 377 g/mol. The van der Waals surface area contributed by atoms with Crippen molar-refractivity contribution in [2.75, 3.05) is 0 Å². The maximum absolute atomic E-state index is 12.1.